The Morgan fingerprint density at radius 3 is 1.77 bits per heavy atom. The van der Waals surface area contributed by atoms with Crippen LogP contribution in [0.2, 0.25) is 0 Å². The van der Waals surface area contributed by atoms with E-state index in [0.29, 0.717) is 23.0 Å². The molecule has 2 aromatic heterocycles. The van der Waals surface area contributed by atoms with Crippen LogP contribution in [0.4, 0.5) is 0 Å². The lowest BCUT2D eigenvalue weighted by molar-refractivity contribution is 0.383. The van der Waals surface area contributed by atoms with Crippen LogP contribution in [0.3, 0.4) is 0 Å². The van der Waals surface area contributed by atoms with Gasteiger partial charge in [0.15, 0.2) is 5.65 Å². The summed E-state index contributed by atoms with van der Waals surface area (Å²) in [7, 11) is 3.01. The van der Waals surface area contributed by atoms with Gasteiger partial charge in [-0.2, -0.15) is 0 Å². The molecule has 31 heavy (non-hydrogen) atoms. The summed E-state index contributed by atoms with van der Waals surface area (Å²) < 4.78 is 2.37. The number of nitrogens with zero attached hydrogens (tertiary/aromatic N) is 3. The Morgan fingerprint density at radius 2 is 1.29 bits per heavy atom. The number of aryl methyl sites for hydroxylation is 1. The lowest BCUT2D eigenvalue weighted by Gasteiger charge is -2.20. The molecule has 0 aliphatic rings. The summed E-state index contributed by atoms with van der Waals surface area (Å²) in [6.07, 6.45) is 3.75. The number of H-pyrrole nitrogens is 1. The van der Waals surface area contributed by atoms with E-state index in [2.05, 4.69) is 84.5 Å². The highest BCUT2D eigenvalue weighted by atomic mass is 16.2. The Morgan fingerprint density at radius 1 is 0.806 bits per heavy atom. The molecule has 0 aliphatic heterocycles. The molecule has 0 fully saturated rings. The van der Waals surface area contributed by atoms with Gasteiger partial charge in [0.1, 0.15) is 5.52 Å². The average Bonchev–Trinajstić information content (AvgIpc) is 3.28. The predicted molar refractivity (Wildman–Crippen MR) is 125 cm³/mol. The van der Waals surface area contributed by atoms with Gasteiger partial charge in [-0.3, -0.25) is 13.9 Å². The summed E-state index contributed by atoms with van der Waals surface area (Å²) in [5.41, 5.74) is 2.91. The number of imidazole rings is 1. The van der Waals surface area contributed by atoms with Gasteiger partial charge in [0.25, 0.3) is 5.56 Å². The minimum atomic E-state index is -0.371. The van der Waals surface area contributed by atoms with Crippen molar-refractivity contribution in [2.75, 3.05) is 0 Å². The van der Waals surface area contributed by atoms with E-state index in [4.69, 9.17) is 0 Å². The summed E-state index contributed by atoms with van der Waals surface area (Å²) in [4.78, 5) is 29.4. The SMILES string of the molecule is CC(Cc1ccccc1)C(C)Cc1ccccc1.Cn1c(=O)c2[nH]cnc2n(C)c1=O. The highest BCUT2D eigenvalue weighted by Gasteiger charge is 2.13. The lowest BCUT2D eigenvalue weighted by Crippen LogP contribution is -2.36. The van der Waals surface area contributed by atoms with Gasteiger partial charge in [0.05, 0.1) is 6.33 Å². The number of aromatic amines is 1. The van der Waals surface area contributed by atoms with Crippen LogP contribution in [0.1, 0.15) is 25.0 Å². The number of hydrogen-bond acceptors (Lipinski definition) is 3. The van der Waals surface area contributed by atoms with Crippen molar-refractivity contribution in [2.24, 2.45) is 25.9 Å². The molecule has 4 rings (SSSR count). The maximum absolute atomic E-state index is 11.4. The average molecular weight is 419 g/mol. The smallest absolute Gasteiger partial charge is 0.332 e. The second-order valence-corrected chi connectivity index (χ2v) is 8.14. The zero-order chi connectivity index (χ0) is 22.4. The first kappa shape index (κ1) is 22.3. The fourth-order valence-electron chi connectivity index (χ4n) is 3.64. The maximum Gasteiger partial charge on any atom is 0.332 e. The summed E-state index contributed by atoms with van der Waals surface area (Å²) in [6, 6.07) is 21.6. The van der Waals surface area contributed by atoms with Gasteiger partial charge in [0, 0.05) is 14.1 Å². The molecule has 0 bridgehead atoms. The van der Waals surface area contributed by atoms with Crippen molar-refractivity contribution in [1.82, 2.24) is 19.1 Å². The summed E-state index contributed by atoms with van der Waals surface area (Å²) in [5, 5.41) is 0. The first-order valence-corrected chi connectivity index (χ1v) is 10.6. The van der Waals surface area contributed by atoms with Gasteiger partial charge < -0.3 is 4.98 Å². The van der Waals surface area contributed by atoms with Crippen LogP contribution in [0, 0.1) is 11.8 Å². The third-order valence-electron chi connectivity index (χ3n) is 5.80. The molecular formula is C25H30N4O2. The van der Waals surface area contributed by atoms with Crippen molar-refractivity contribution >= 4 is 11.2 Å². The molecule has 1 N–H and O–H groups in total. The van der Waals surface area contributed by atoms with Crippen molar-refractivity contribution in [3.8, 4) is 0 Å². The van der Waals surface area contributed by atoms with Crippen molar-refractivity contribution in [3.05, 3.63) is 99.0 Å². The first-order chi connectivity index (χ1) is 14.9. The second-order valence-electron chi connectivity index (χ2n) is 8.14. The standard InChI is InChI=1S/C18H22.C7H8N4O2/c1-15(13-17-9-5-3-6-10-17)16(2)14-18-11-7-4-8-12-18;1-10-5-4(8-3-9-5)6(12)11(2)7(10)13/h3-12,15-16H,13-14H2,1-2H3;3H,1-2H3,(H,8,9). The molecule has 2 atom stereocenters. The molecule has 0 amide bonds. The molecule has 0 saturated carbocycles. The Hall–Kier alpha value is -3.41. The first-order valence-electron chi connectivity index (χ1n) is 10.6. The monoisotopic (exact) mass is 418 g/mol. The fourth-order valence-corrected chi connectivity index (χ4v) is 3.64. The van der Waals surface area contributed by atoms with Crippen LogP contribution >= 0.6 is 0 Å². The minimum Gasteiger partial charge on any atom is -0.339 e. The number of nitrogens with one attached hydrogen (secondary N) is 1. The van der Waals surface area contributed by atoms with Gasteiger partial charge >= 0.3 is 5.69 Å². The van der Waals surface area contributed by atoms with Crippen molar-refractivity contribution in [2.45, 2.75) is 26.7 Å². The minimum absolute atomic E-state index is 0.351. The van der Waals surface area contributed by atoms with E-state index in [1.165, 1.54) is 41.9 Å². The van der Waals surface area contributed by atoms with E-state index in [1.807, 2.05) is 0 Å². The Balaban J connectivity index is 0.000000185. The topological polar surface area (TPSA) is 72.7 Å². The van der Waals surface area contributed by atoms with Gasteiger partial charge in [0.2, 0.25) is 0 Å². The molecule has 162 valence electrons. The Kier molecular flexibility index (Phi) is 7.23. The molecule has 0 saturated heterocycles. The number of aromatic nitrogens is 4. The zero-order valence-electron chi connectivity index (χ0n) is 18.6. The van der Waals surface area contributed by atoms with Gasteiger partial charge in [-0.25, -0.2) is 9.78 Å². The maximum atomic E-state index is 11.4. The van der Waals surface area contributed by atoms with Crippen LogP contribution in [0.5, 0.6) is 0 Å². The summed E-state index contributed by atoms with van der Waals surface area (Å²) in [5.74, 6) is 1.43. The third-order valence-corrected chi connectivity index (χ3v) is 5.80. The van der Waals surface area contributed by atoms with E-state index >= 15 is 0 Å². The number of benzene rings is 2. The van der Waals surface area contributed by atoms with Gasteiger partial charge in [-0.1, -0.05) is 74.5 Å². The molecule has 0 radical (unpaired) electrons. The normalized spacial score (nSPS) is 12.8. The summed E-state index contributed by atoms with van der Waals surface area (Å²) in [6.45, 7) is 4.72. The number of hydrogen-bond donors (Lipinski definition) is 1. The van der Waals surface area contributed by atoms with E-state index in [0.717, 1.165) is 4.57 Å². The van der Waals surface area contributed by atoms with Gasteiger partial charge in [-0.15, -0.1) is 0 Å². The molecule has 0 aliphatic carbocycles. The highest BCUT2D eigenvalue weighted by Crippen LogP contribution is 2.21. The van der Waals surface area contributed by atoms with Gasteiger partial charge in [-0.05, 0) is 35.8 Å². The Bertz CT molecular complexity index is 1180. The molecule has 2 heterocycles. The molecular weight excluding hydrogens is 388 g/mol. The van der Waals surface area contributed by atoms with E-state index in [-0.39, 0.29) is 11.2 Å². The number of fused-ring (bicyclic) bond motifs is 1. The van der Waals surface area contributed by atoms with Crippen LogP contribution in [0.25, 0.3) is 11.2 Å². The van der Waals surface area contributed by atoms with Crippen molar-refractivity contribution in [3.63, 3.8) is 0 Å². The van der Waals surface area contributed by atoms with Crippen molar-refractivity contribution < 1.29 is 0 Å². The van der Waals surface area contributed by atoms with Crippen LogP contribution < -0.4 is 11.2 Å². The highest BCUT2D eigenvalue weighted by molar-refractivity contribution is 5.68. The zero-order valence-corrected chi connectivity index (χ0v) is 18.6. The van der Waals surface area contributed by atoms with E-state index in [1.54, 1.807) is 7.05 Å². The predicted octanol–water partition coefficient (Wildman–Crippen LogP) is 3.70. The molecule has 6 nitrogen and oxygen atoms in total. The molecule has 6 heteroatoms. The molecule has 0 spiro atoms. The fraction of sp³-hybridized carbons (Fsp3) is 0.320. The molecule has 2 unspecified atom stereocenters. The molecule has 2 aromatic carbocycles. The molecule has 4 aromatic rings. The second kappa shape index (κ2) is 10.1. The van der Waals surface area contributed by atoms with Crippen LogP contribution in [-0.2, 0) is 26.9 Å². The van der Waals surface area contributed by atoms with Crippen molar-refractivity contribution in [1.29, 1.82) is 0 Å². The lowest BCUT2D eigenvalue weighted by atomic mass is 9.85. The summed E-state index contributed by atoms with van der Waals surface area (Å²) >= 11 is 0. The quantitative estimate of drug-likeness (QED) is 0.537. The van der Waals surface area contributed by atoms with Crippen LogP contribution in [0.15, 0.2) is 76.6 Å². The number of rotatable bonds is 5. The Labute approximate surface area is 182 Å². The van der Waals surface area contributed by atoms with Crippen LogP contribution in [-0.4, -0.2) is 19.1 Å². The largest absolute Gasteiger partial charge is 0.339 e. The van der Waals surface area contributed by atoms with E-state index in [9.17, 15) is 9.59 Å². The third kappa shape index (κ3) is 5.40. The van der Waals surface area contributed by atoms with E-state index < -0.39 is 0 Å².